The summed E-state index contributed by atoms with van der Waals surface area (Å²) in [5, 5.41) is 11.7. The van der Waals surface area contributed by atoms with E-state index in [1.807, 2.05) is 19.3 Å². The number of hydrogen-bond acceptors (Lipinski definition) is 3. The third-order valence-corrected chi connectivity index (χ3v) is 10.6. The van der Waals surface area contributed by atoms with Crippen molar-refractivity contribution in [1.29, 1.82) is 0 Å². The molecule has 3 nitrogen and oxygen atoms in total. The van der Waals surface area contributed by atoms with Gasteiger partial charge in [-0.2, -0.15) is 0 Å². The highest BCUT2D eigenvalue weighted by atomic mass is 28.2. The van der Waals surface area contributed by atoms with Crippen LogP contribution in [-0.2, 0) is 9.16 Å². The van der Waals surface area contributed by atoms with Crippen LogP contribution in [0.25, 0.3) is 0 Å². The van der Waals surface area contributed by atoms with E-state index in [9.17, 15) is 5.11 Å². The van der Waals surface area contributed by atoms with E-state index in [4.69, 9.17) is 9.16 Å². The Morgan fingerprint density at radius 3 is 2.23 bits per heavy atom. The summed E-state index contributed by atoms with van der Waals surface area (Å²) in [5.41, 5.74) is -1.45. The lowest BCUT2D eigenvalue weighted by molar-refractivity contribution is -0.199. The number of allylic oxidation sites excluding steroid dienone is 1. The Kier molecular flexibility index (Phi) is 8.59. The van der Waals surface area contributed by atoms with Crippen LogP contribution in [0.1, 0.15) is 120 Å². The van der Waals surface area contributed by atoms with E-state index in [1.165, 1.54) is 38.5 Å². The van der Waals surface area contributed by atoms with Crippen LogP contribution >= 0.6 is 0 Å². The van der Waals surface area contributed by atoms with Crippen LogP contribution in [0.15, 0.2) is 12.3 Å². The van der Waals surface area contributed by atoms with Crippen LogP contribution in [0, 0.1) is 17.3 Å². The van der Waals surface area contributed by atoms with E-state index in [2.05, 4.69) is 55.4 Å². The Bertz CT molecular complexity index is 608. The largest absolute Gasteiger partial charge is 0.492 e. The average Bonchev–Trinajstić information content (AvgIpc) is 3.07. The minimum absolute atomic E-state index is 0.208. The third-order valence-electron chi connectivity index (χ3n) is 9.02. The van der Waals surface area contributed by atoms with Crippen molar-refractivity contribution < 1.29 is 14.3 Å². The SMILES string of the molecule is CC=COC(C)(CC(O)(CC)CC)C(C)(O[SiH2]C(C)(C)C)C1CCC2CCCCC21C. The predicted octanol–water partition coefficient (Wildman–Crippen LogP) is 6.92. The topological polar surface area (TPSA) is 38.7 Å². The van der Waals surface area contributed by atoms with Gasteiger partial charge in [0.2, 0.25) is 0 Å². The third kappa shape index (κ3) is 5.61. The van der Waals surface area contributed by atoms with Gasteiger partial charge in [-0.25, -0.2) is 0 Å². The highest BCUT2D eigenvalue weighted by molar-refractivity contribution is 6.31. The summed E-state index contributed by atoms with van der Waals surface area (Å²) < 4.78 is 13.8. The standard InChI is InChI=1S/C27H52O3Si/c1-10-19-29-25(8,20-27(28,11-2)12-3)26(9,30-31-23(4,5)6)22-17-16-21-15-13-14-18-24(21,22)7/h10,19,21-22,28H,11-18,20,31H2,1-9H3. The molecule has 0 radical (unpaired) electrons. The first-order valence-electron chi connectivity index (χ1n) is 12.9. The zero-order chi connectivity index (χ0) is 23.6. The number of fused-ring (bicyclic) bond motifs is 1. The van der Waals surface area contributed by atoms with Gasteiger partial charge in [0, 0.05) is 6.42 Å². The molecule has 0 aromatic heterocycles. The highest BCUT2D eigenvalue weighted by Crippen LogP contribution is 2.62. The second kappa shape index (κ2) is 9.89. The van der Waals surface area contributed by atoms with Gasteiger partial charge in [-0.1, -0.05) is 60.5 Å². The molecule has 2 saturated carbocycles. The maximum Gasteiger partial charge on any atom is 0.167 e. The maximum absolute atomic E-state index is 11.4. The zero-order valence-corrected chi connectivity index (χ0v) is 23.6. The smallest absolute Gasteiger partial charge is 0.167 e. The van der Waals surface area contributed by atoms with Crippen molar-refractivity contribution in [2.75, 3.05) is 0 Å². The molecule has 0 aromatic rings. The van der Waals surface area contributed by atoms with Crippen LogP contribution in [0.5, 0.6) is 0 Å². The lowest BCUT2D eigenvalue weighted by Gasteiger charge is -2.57. The van der Waals surface area contributed by atoms with Crippen molar-refractivity contribution in [2.24, 2.45) is 17.3 Å². The first-order valence-corrected chi connectivity index (χ1v) is 14.2. The Morgan fingerprint density at radius 2 is 1.68 bits per heavy atom. The minimum atomic E-state index is -0.804. The van der Waals surface area contributed by atoms with E-state index < -0.39 is 26.6 Å². The van der Waals surface area contributed by atoms with Crippen molar-refractivity contribution in [3.05, 3.63) is 12.3 Å². The van der Waals surface area contributed by atoms with Crippen LogP contribution in [0.3, 0.4) is 0 Å². The molecule has 5 atom stereocenters. The molecule has 1 N–H and O–H groups in total. The monoisotopic (exact) mass is 452 g/mol. The van der Waals surface area contributed by atoms with E-state index >= 15 is 0 Å². The summed E-state index contributed by atoms with van der Waals surface area (Å²) in [5.74, 6) is 1.25. The molecular formula is C27H52O3Si. The Morgan fingerprint density at radius 1 is 1.03 bits per heavy atom. The van der Waals surface area contributed by atoms with Crippen molar-refractivity contribution in [3.63, 3.8) is 0 Å². The number of hydrogen-bond donors (Lipinski definition) is 1. The second-order valence-electron chi connectivity index (χ2n) is 12.5. The summed E-state index contributed by atoms with van der Waals surface area (Å²) in [4.78, 5) is 0. The molecule has 0 heterocycles. The molecule has 4 heteroatoms. The summed E-state index contributed by atoms with van der Waals surface area (Å²) >= 11 is 0. The van der Waals surface area contributed by atoms with Crippen LogP contribution in [0.4, 0.5) is 0 Å². The van der Waals surface area contributed by atoms with Gasteiger partial charge in [-0.15, -0.1) is 0 Å². The fourth-order valence-electron chi connectivity index (χ4n) is 6.63. The predicted molar refractivity (Wildman–Crippen MR) is 135 cm³/mol. The molecule has 2 aliphatic carbocycles. The van der Waals surface area contributed by atoms with Gasteiger partial charge in [0.1, 0.15) is 5.60 Å². The summed E-state index contributed by atoms with van der Waals surface area (Å²) in [6.45, 7) is 20.2. The van der Waals surface area contributed by atoms with E-state index in [1.54, 1.807) is 0 Å². The molecule has 2 fully saturated rings. The molecule has 0 amide bonds. The molecule has 0 aliphatic heterocycles. The molecular weight excluding hydrogens is 400 g/mol. The first-order chi connectivity index (χ1) is 14.3. The Labute approximate surface area is 195 Å². The quantitative estimate of drug-likeness (QED) is 0.289. The lowest BCUT2D eigenvalue weighted by Crippen LogP contribution is -2.63. The van der Waals surface area contributed by atoms with E-state index in [0.717, 1.165) is 18.8 Å². The van der Waals surface area contributed by atoms with Crippen molar-refractivity contribution in [1.82, 2.24) is 0 Å². The second-order valence-corrected chi connectivity index (χ2v) is 15.2. The van der Waals surface area contributed by atoms with Gasteiger partial charge in [-0.05, 0) is 81.6 Å². The molecule has 31 heavy (non-hydrogen) atoms. The van der Waals surface area contributed by atoms with Crippen LogP contribution in [-0.4, -0.2) is 31.7 Å². The van der Waals surface area contributed by atoms with Crippen LogP contribution < -0.4 is 0 Å². The minimum Gasteiger partial charge on any atom is -0.492 e. The molecule has 2 rings (SSSR count). The summed E-state index contributed by atoms with van der Waals surface area (Å²) in [6, 6.07) is 0. The zero-order valence-electron chi connectivity index (χ0n) is 22.1. The maximum atomic E-state index is 11.4. The van der Waals surface area contributed by atoms with Gasteiger partial charge < -0.3 is 14.3 Å². The Hall–Kier alpha value is -0.323. The van der Waals surface area contributed by atoms with Gasteiger partial charge in [-0.3, -0.25) is 0 Å². The van der Waals surface area contributed by atoms with Gasteiger partial charge in [0.25, 0.3) is 0 Å². The first kappa shape index (κ1) is 26.9. The van der Waals surface area contributed by atoms with Gasteiger partial charge >= 0.3 is 0 Å². The van der Waals surface area contributed by atoms with Crippen molar-refractivity contribution in [3.8, 4) is 0 Å². The molecule has 0 saturated heterocycles. The fraction of sp³-hybridized carbons (Fsp3) is 0.926. The van der Waals surface area contributed by atoms with Gasteiger partial charge in [0.15, 0.2) is 9.76 Å². The lowest BCUT2D eigenvalue weighted by atomic mass is 9.57. The molecule has 5 unspecified atom stereocenters. The molecule has 0 spiro atoms. The molecule has 182 valence electrons. The fourth-order valence-corrected chi connectivity index (χ4v) is 7.87. The highest BCUT2D eigenvalue weighted by Gasteiger charge is 2.62. The number of ether oxygens (including phenoxy) is 1. The van der Waals surface area contributed by atoms with Crippen molar-refractivity contribution in [2.45, 2.75) is 142 Å². The van der Waals surface area contributed by atoms with Crippen LogP contribution in [0.2, 0.25) is 5.04 Å². The number of rotatable bonds is 10. The van der Waals surface area contributed by atoms with Gasteiger partial charge in [0.05, 0.1) is 17.5 Å². The van der Waals surface area contributed by atoms with E-state index in [0.29, 0.717) is 17.8 Å². The number of aliphatic hydroxyl groups is 1. The average molecular weight is 453 g/mol. The summed E-state index contributed by atoms with van der Waals surface area (Å²) in [6.07, 6.45) is 13.7. The Balaban J connectivity index is 2.56. The normalized spacial score (nSPS) is 31.7. The van der Waals surface area contributed by atoms with E-state index in [-0.39, 0.29) is 5.04 Å². The molecule has 0 aromatic carbocycles. The molecule has 2 aliphatic rings. The summed E-state index contributed by atoms with van der Waals surface area (Å²) in [7, 11) is -0.804. The molecule has 0 bridgehead atoms. The van der Waals surface area contributed by atoms with Crippen molar-refractivity contribution >= 4 is 9.76 Å².